The maximum Gasteiger partial charge on any atom is 0.0704 e. The molecule has 8 heavy (non-hydrogen) atoms. The summed E-state index contributed by atoms with van der Waals surface area (Å²) in [5.74, 6) is 0. The third-order valence-corrected chi connectivity index (χ3v) is 0.765. The monoisotopic (exact) mass is 126 g/mol. The Hall–Kier alpha value is -0.710. The Labute approximate surface area is 53.8 Å². The van der Waals surface area contributed by atoms with Crippen molar-refractivity contribution in [3.63, 3.8) is 0 Å². The lowest BCUT2D eigenvalue weighted by Gasteiger charge is -1.90. The molecule has 0 saturated carbocycles. The fraction of sp³-hybridized carbons (Fsp3) is 0.600. The Morgan fingerprint density at radius 3 is 2.88 bits per heavy atom. The largest absolute Gasteiger partial charge is 0.228 e. The van der Waals surface area contributed by atoms with Gasteiger partial charge in [-0.2, -0.15) is 5.26 Å². The normalized spacial score (nSPS) is 11.0. The van der Waals surface area contributed by atoms with Gasteiger partial charge in [-0.15, -0.1) is 0 Å². The molecular weight excluding hydrogens is 120 g/mol. The van der Waals surface area contributed by atoms with Gasteiger partial charge in [0, 0.05) is 0 Å². The molecule has 0 bridgehead atoms. The number of hydrogen-bond donors (Lipinski definition) is 0. The van der Waals surface area contributed by atoms with Crippen molar-refractivity contribution in [2.45, 2.75) is 19.4 Å². The van der Waals surface area contributed by atoms with E-state index in [1.165, 1.54) is 0 Å². The maximum atomic E-state index is 8.09. The molecule has 3 heteroatoms. The molecule has 0 fully saturated rings. The Morgan fingerprint density at radius 2 is 2.50 bits per heavy atom. The topological polar surface area (TPSA) is 36.1 Å². The van der Waals surface area contributed by atoms with E-state index in [1.54, 1.807) is 0 Å². The van der Waals surface area contributed by atoms with Crippen LogP contribution in [-0.2, 0) is 0 Å². The zero-order valence-corrected chi connectivity index (χ0v) is 5.40. The summed E-state index contributed by atoms with van der Waals surface area (Å²) in [7, 11) is 0. The van der Waals surface area contributed by atoms with Crippen LogP contribution < -0.4 is 0 Å². The van der Waals surface area contributed by atoms with Crippen LogP contribution in [0.4, 0.5) is 0 Å². The highest BCUT2D eigenvalue weighted by molar-refractivity contribution is 7.78. The van der Waals surface area contributed by atoms with Gasteiger partial charge in [0.1, 0.15) is 0 Å². The summed E-state index contributed by atoms with van der Waals surface area (Å²) < 4.78 is 0. The smallest absolute Gasteiger partial charge is 0.0704 e. The first-order valence-electron chi connectivity index (χ1n) is 2.25. The number of hydrogen-bond acceptors (Lipinski definition) is 3. The summed E-state index contributed by atoms with van der Waals surface area (Å²) in [6.45, 7) is 1.82. The van der Waals surface area contributed by atoms with Gasteiger partial charge in [-0.3, -0.25) is 0 Å². The number of nitriles is 1. The van der Waals surface area contributed by atoms with Crippen LogP contribution in [0.5, 0.6) is 0 Å². The van der Waals surface area contributed by atoms with Crippen LogP contribution in [0.2, 0.25) is 0 Å². The Balaban J connectivity index is 3.51. The molecule has 0 aliphatic rings. The van der Waals surface area contributed by atoms with Crippen molar-refractivity contribution >= 4 is 17.4 Å². The quantitative estimate of drug-likeness (QED) is 0.414. The van der Waals surface area contributed by atoms with Gasteiger partial charge in [-0.25, -0.2) is 4.99 Å². The van der Waals surface area contributed by atoms with E-state index in [0.717, 1.165) is 0 Å². The minimum atomic E-state index is 0.0116. The van der Waals surface area contributed by atoms with E-state index >= 15 is 0 Å². The predicted octanol–water partition coefficient (Wildman–Crippen LogP) is 1.39. The minimum absolute atomic E-state index is 0.0116. The second-order valence-corrected chi connectivity index (χ2v) is 1.61. The van der Waals surface area contributed by atoms with Crippen LogP contribution in [0.1, 0.15) is 13.3 Å². The van der Waals surface area contributed by atoms with E-state index in [1.807, 2.05) is 13.0 Å². The SMILES string of the molecule is CC(CC#N)N=C=S. The van der Waals surface area contributed by atoms with Crippen LogP contribution in [0.25, 0.3) is 0 Å². The number of isothiocyanates is 1. The number of thiocarbonyl (C=S) groups is 1. The molecule has 0 rings (SSSR count). The van der Waals surface area contributed by atoms with E-state index < -0.39 is 0 Å². The summed E-state index contributed by atoms with van der Waals surface area (Å²) in [5, 5.41) is 10.3. The third kappa shape index (κ3) is 3.48. The summed E-state index contributed by atoms with van der Waals surface area (Å²) in [6, 6.07) is 1.98. The Kier molecular flexibility index (Phi) is 4.05. The van der Waals surface area contributed by atoms with Gasteiger partial charge < -0.3 is 0 Å². The molecule has 42 valence electrons. The van der Waals surface area contributed by atoms with Crippen LogP contribution in [0, 0.1) is 11.3 Å². The lowest BCUT2D eigenvalue weighted by molar-refractivity contribution is 0.773. The molecule has 1 atom stereocenters. The van der Waals surface area contributed by atoms with E-state index in [9.17, 15) is 0 Å². The molecule has 0 spiro atoms. The molecular formula is C5H6N2S. The standard InChI is InChI=1S/C5H6N2S/c1-5(2-3-6)7-4-8/h5H,2H2,1H3. The number of aliphatic imine (C=N–C) groups is 1. The lowest BCUT2D eigenvalue weighted by atomic mass is 10.3. The molecule has 0 amide bonds. The second-order valence-electron chi connectivity index (χ2n) is 1.43. The maximum absolute atomic E-state index is 8.09. The summed E-state index contributed by atoms with van der Waals surface area (Å²) >= 11 is 4.32. The molecule has 0 aliphatic carbocycles. The van der Waals surface area contributed by atoms with Crippen molar-refractivity contribution in [3.05, 3.63) is 0 Å². The first-order valence-corrected chi connectivity index (χ1v) is 2.66. The summed E-state index contributed by atoms with van der Waals surface area (Å²) in [5.41, 5.74) is 0. The van der Waals surface area contributed by atoms with Gasteiger partial charge in [0.15, 0.2) is 0 Å². The minimum Gasteiger partial charge on any atom is -0.228 e. The molecule has 0 heterocycles. The van der Waals surface area contributed by atoms with Crippen molar-refractivity contribution in [2.24, 2.45) is 4.99 Å². The van der Waals surface area contributed by atoms with Gasteiger partial charge in [0.25, 0.3) is 0 Å². The van der Waals surface area contributed by atoms with Gasteiger partial charge in [0.2, 0.25) is 0 Å². The van der Waals surface area contributed by atoms with Crippen molar-refractivity contribution in [1.82, 2.24) is 0 Å². The van der Waals surface area contributed by atoms with Crippen LogP contribution in [-0.4, -0.2) is 11.2 Å². The van der Waals surface area contributed by atoms with Gasteiger partial charge >= 0.3 is 0 Å². The zero-order chi connectivity index (χ0) is 6.41. The molecule has 0 aromatic carbocycles. The summed E-state index contributed by atoms with van der Waals surface area (Å²) in [6.07, 6.45) is 0.420. The van der Waals surface area contributed by atoms with Crippen molar-refractivity contribution in [1.29, 1.82) is 5.26 Å². The average Bonchev–Trinajstić information content (AvgIpc) is 1.68. The Morgan fingerprint density at radius 1 is 1.88 bits per heavy atom. The van der Waals surface area contributed by atoms with Crippen molar-refractivity contribution in [3.8, 4) is 6.07 Å². The predicted molar refractivity (Wildman–Crippen MR) is 34.7 cm³/mol. The lowest BCUT2D eigenvalue weighted by Crippen LogP contribution is -1.92. The highest BCUT2D eigenvalue weighted by Gasteiger charge is 1.92. The van der Waals surface area contributed by atoms with E-state index in [2.05, 4.69) is 22.4 Å². The van der Waals surface area contributed by atoms with Crippen LogP contribution in [0.15, 0.2) is 4.99 Å². The van der Waals surface area contributed by atoms with Crippen LogP contribution in [0.3, 0.4) is 0 Å². The van der Waals surface area contributed by atoms with Gasteiger partial charge in [-0.05, 0) is 19.1 Å². The molecule has 0 saturated heterocycles. The molecule has 0 radical (unpaired) electrons. The fourth-order valence-electron chi connectivity index (χ4n) is 0.268. The molecule has 0 aromatic rings. The summed E-state index contributed by atoms with van der Waals surface area (Å²) in [4.78, 5) is 3.66. The first-order chi connectivity index (χ1) is 3.81. The van der Waals surface area contributed by atoms with Crippen molar-refractivity contribution in [2.75, 3.05) is 0 Å². The second kappa shape index (κ2) is 4.45. The number of nitrogens with zero attached hydrogens (tertiary/aromatic N) is 2. The van der Waals surface area contributed by atoms with Gasteiger partial charge in [0.05, 0.1) is 23.7 Å². The third-order valence-electron chi connectivity index (χ3n) is 0.660. The molecule has 0 aliphatic heterocycles. The van der Waals surface area contributed by atoms with E-state index in [0.29, 0.717) is 6.42 Å². The van der Waals surface area contributed by atoms with E-state index in [-0.39, 0.29) is 6.04 Å². The number of rotatable bonds is 2. The zero-order valence-electron chi connectivity index (χ0n) is 4.59. The van der Waals surface area contributed by atoms with Crippen LogP contribution >= 0.6 is 12.2 Å². The first kappa shape index (κ1) is 7.29. The fourth-order valence-corrected chi connectivity index (χ4v) is 0.448. The molecule has 0 aromatic heterocycles. The Bertz CT molecular complexity index is 141. The molecule has 2 nitrogen and oxygen atoms in total. The molecule has 1 unspecified atom stereocenters. The van der Waals surface area contributed by atoms with Gasteiger partial charge in [-0.1, -0.05) is 0 Å². The highest BCUT2D eigenvalue weighted by atomic mass is 32.1. The highest BCUT2D eigenvalue weighted by Crippen LogP contribution is 1.91. The van der Waals surface area contributed by atoms with E-state index in [4.69, 9.17) is 5.26 Å². The van der Waals surface area contributed by atoms with Crippen molar-refractivity contribution < 1.29 is 0 Å². The average molecular weight is 126 g/mol. The molecule has 0 N–H and O–H groups in total.